The van der Waals surface area contributed by atoms with Crippen LogP contribution in [0.15, 0.2) is 53.9 Å². The van der Waals surface area contributed by atoms with Crippen LogP contribution >= 0.6 is 34.3 Å². The van der Waals surface area contributed by atoms with Gasteiger partial charge in [0, 0.05) is 21.0 Å². The Bertz CT molecular complexity index is 1130. The lowest BCUT2D eigenvalue weighted by atomic mass is 10.0. The van der Waals surface area contributed by atoms with Crippen LogP contribution in [0, 0.1) is 5.92 Å². The average Bonchev–Trinajstić information content (AvgIpc) is 3.27. The summed E-state index contributed by atoms with van der Waals surface area (Å²) in [7, 11) is 0. The fourth-order valence-electron chi connectivity index (χ4n) is 3.06. The molecule has 6 heteroatoms. The van der Waals surface area contributed by atoms with Crippen LogP contribution in [0.4, 0.5) is 5.13 Å². The molecular formula is C22H19ClN2OS2. The number of nitrogens with zero attached hydrogens (tertiary/aromatic N) is 1. The quantitative estimate of drug-likeness (QED) is 0.368. The highest BCUT2D eigenvalue weighted by Gasteiger charge is 2.18. The smallest absolute Gasteiger partial charge is 0.269 e. The summed E-state index contributed by atoms with van der Waals surface area (Å²) in [6.07, 6.45) is 1.06. The van der Waals surface area contributed by atoms with E-state index in [4.69, 9.17) is 11.6 Å². The Morgan fingerprint density at radius 2 is 1.89 bits per heavy atom. The molecule has 2 heterocycles. The van der Waals surface area contributed by atoms with Crippen LogP contribution in [-0.2, 0) is 6.42 Å². The molecule has 0 atom stereocenters. The highest BCUT2D eigenvalue weighted by Crippen LogP contribution is 2.36. The molecule has 3 nitrogen and oxygen atoms in total. The minimum atomic E-state index is -0.223. The summed E-state index contributed by atoms with van der Waals surface area (Å²) >= 11 is 9.21. The third-order valence-electron chi connectivity index (χ3n) is 4.36. The largest absolute Gasteiger partial charge is 0.297 e. The number of thiophene rings is 1. The highest BCUT2D eigenvalue weighted by molar-refractivity contribution is 7.21. The lowest BCUT2D eigenvalue weighted by Gasteiger charge is -2.05. The number of benzene rings is 2. The second-order valence-corrected chi connectivity index (χ2v) is 9.32. The predicted molar refractivity (Wildman–Crippen MR) is 121 cm³/mol. The van der Waals surface area contributed by atoms with Crippen LogP contribution in [0.25, 0.3) is 21.3 Å². The molecule has 2 aromatic carbocycles. The van der Waals surface area contributed by atoms with Gasteiger partial charge in [0.15, 0.2) is 5.13 Å². The Morgan fingerprint density at radius 3 is 2.61 bits per heavy atom. The average molecular weight is 427 g/mol. The SMILES string of the molecule is CC(C)Cc1ccc(-c2csc(NC(=O)c3sc4ccccc4c3Cl)n2)cc1. The molecule has 0 spiro atoms. The molecule has 4 rings (SSSR count). The van der Waals surface area contributed by atoms with Crippen molar-refractivity contribution in [1.82, 2.24) is 4.98 Å². The number of halogens is 1. The van der Waals surface area contributed by atoms with Gasteiger partial charge < -0.3 is 0 Å². The van der Waals surface area contributed by atoms with E-state index in [0.717, 1.165) is 27.8 Å². The zero-order chi connectivity index (χ0) is 19.7. The van der Waals surface area contributed by atoms with Gasteiger partial charge in [-0.15, -0.1) is 22.7 Å². The maximum absolute atomic E-state index is 12.7. The van der Waals surface area contributed by atoms with Crippen molar-refractivity contribution < 1.29 is 4.79 Å². The monoisotopic (exact) mass is 426 g/mol. The van der Waals surface area contributed by atoms with Crippen molar-refractivity contribution in [2.24, 2.45) is 5.92 Å². The fourth-order valence-corrected chi connectivity index (χ4v) is 5.19. The standard InChI is InChI=1S/C22H19ClN2OS2/c1-13(2)11-14-7-9-15(10-8-14)17-12-27-22(24-17)25-21(26)20-19(23)16-5-3-4-6-18(16)28-20/h3-10,12-13H,11H2,1-2H3,(H,24,25,26). The van der Waals surface area contributed by atoms with E-state index in [1.807, 2.05) is 29.6 Å². The van der Waals surface area contributed by atoms with Gasteiger partial charge in [-0.2, -0.15) is 0 Å². The van der Waals surface area contributed by atoms with E-state index >= 15 is 0 Å². The molecule has 0 saturated carbocycles. The van der Waals surface area contributed by atoms with Crippen LogP contribution in [0.5, 0.6) is 0 Å². The van der Waals surface area contributed by atoms with Crippen LogP contribution < -0.4 is 5.32 Å². The first-order chi connectivity index (χ1) is 13.5. The van der Waals surface area contributed by atoms with Crippen molar-refractivity contribution in [3.63, 3.8) is 0 Å². The maximum Gasteiger partial charge on any atom is 0.269 e. The Hall–Kier alpha value is -2.21. The number of aromatic nitrogens is 1. The summed E-state index contributed by atoms with van der Waals surface area (Å²) < 4.78 is 0.999. The van der Waals surface area contributed by atoms with Crippen molar-refractivity contribution in [1.29, 1.82) is 0 Å². The highest BCUT2D eigenvalue weighted by atomic mass is 35.5. The summed E-state index contributed by atoms with van der Waals surface area (Å²) in [5.41, 5.74) is 3.23. The molecule has 28 heavy (non-hydrogen) atoms. The van der Waals surface area contributed by atoms with E-state index in [-0.39, 0.29) is 5.91 Å². The molecule has 0 unspecified atom stereocenters. The first-order valence-electron chi connectivity index (χ1n) is 9.04. The van der Waals surface area contributed by atoms with E-state index in [1.54, 1.807) is 0 Å². The van der Waals surface area contributed by atoms with Gasteiger partial charge in [-0.05, 0) is 24.0 Å². The lowest BCUT2D eigenvalue weighted by molar-refractivity contribution is 0.103. The molecule has 0 bridgehead atoms. The van der Waals surface area contributed by atoms with E-state index in [2.05, 4.69) is 48.4 Å². The van der Waals surface area contributed by atoms with Crippen molar-refractivity contribution in [3.05, 3.63) is 69.4 Å². The first-order valence-corrected chi connectivity index (χ1v) is 11.1. The summed E-state index contributed by atoms with van der Waals surface area (Å²) in [4.78, 5) is 17.8. The molecule has 1 N–H and O–H groups in total. The number of fused-ring (bicyclic) bond motifs is 1. The van der Waals surface area contributed by atoms with Gasteiger partial charge in [0.2, 0.25) is 0 Å². The van der Waals surface area contributed by atoms with Crippen LogP contribution in [0.1, 0.15) is 29.1 Å². The second-order valence-electron chi connectivity index (χ2n) is 7.03. The molecular weight excluding hydrogens is 408 g/mol. The molecule has 4 aromatic rings. The number of rotatable bonds is 5. The summed E-state index contributed by atoms with van der Waals surface area (Å²) in [5.74, 6) is 0.409. The van der Waals surface area contributed by atoms with Crippen molar-refractivity contribution >= 4 is 55.4 Å². The summed E-state index contributed by atoms with van der Waals surface area (Å²) in [6.45, 7) is 4.43. The number of nitrogens with one attached hydrogen (secondary N) is 1. The van der Waals surface area contributed by atoms with Crippen molar-refractivity contribution in [2.75, 3.05) is 5.32 Å². The molecule has 0 aliphatic carbocycles. The summed E-state index contributed by atoms with van der Waals surface area (Å²) in [5, 5.41) is 6.81. The second kappa shape index (κ2) is 8.03. The zero-order valence-electron chi connectivity index (χ0n) is 15.5. The van der Waals surface area contributed by atoms with Crippen molar-refractivity contribution in [3.8, 4) is 11.3 Å². The molecule has 0 fully saturated rings. The molecule has 0 radical (unpaired) electrons. The molecule has 0 saturated heterocycles. The minimum Gasteiger partial charge on any atom is -0.297 e. The van der Waals surface area contributed by atoms with E-state index in [1.165, 1.54) is 28.2 Å². The van der Waals surface area contributed by atoms with Crippen LogP contribution in [0.2, 0.25) is 5.02 Å². The Kier molecular flexibility index (Phi) is 5.49. The van der Waals surface area contributed by atoms with E-state index in [0.29, 0.717) is 20.9 Å². The van der Waals surface area contributed by atoms with E-state index < -0.39 is 0 Å². The third kappa shape index (κ3) is 3.97. The predicted octanol–water partition coefficient (Wildman–Crippen LogP) is 7.13. The molecule has 0 aliphatic rings. The van der Waals surface area contributed by atoms with Gasteiger partial charge in [-0.1, -0.05) is 67.9 Å². The fraction of sp³-hybridized carbons (Fsp3) is 0.182. The zero-order valence-corrected chi connectivity index (χ0v) is 17.9. The number of carbonyl (C=O) groups excluding carboxylic acids is 1. The van der Waals surface area contributed by atoms with Crippen molar-refractivity contribution in [2.45, 2.75) is 20.3 Å². The van der Waals surface area contributed by atoms with Gasteiger partial charge >= 0.3 is 0 Å². The van der Waals surface area contributed by atoms with Crippen LogP contribution in [-0.4, -0.2) is 10.9 Å². The first kappa shape index (κ1) is 19.1. The van der Waals surface area contributed by atoms with Crippen LogP contribution in [0.3, 0.4) is 0 Å². The van der Waals surface area contributed by atoms with Gasteiger partial charge in [0.05, 0.1) is 10.7 Å². The van der Waals surface area contributed by atoms with E-state index in [9.17, 15) is 4.79 Å². The third-order valence-corrected chi connectivity index (χ3v) is 6.79. The summed E-state index contributed by atoms with van der Waals surface area (Å²) in [6, 6.07) is 16.2. The maximum atomic E-state index is 12.7. The topological polar surface area (TPSA) is 42.0 Å². The number of amides is 1. The molecule has 142 valence electrons. The lowest BCUT2D eigenvalue weighted by Crippen LogP contribution is -2.10. The van der Waals surface area contributed by atoms with Gasteiger partial charge in [-0.3, -0.25) is 10.1 Å². The molecule has 1 amide bonds. The normalized spacial score (nSPS) is 11.3. The molecule has 2 aromatic heterocycles. The van der Waals surface area contributed by atoms with Gasteiger partial charge in [-0.25, -0.2) is 4.98 Å². The number of anilines is 1. The number of thiazole rings is 1. The Labute approximate surface area is 177 Å². The number of hydrogen-bond acceptors (Lipinski definition) is 4. The number of hydrogen-bond donors (Lipinski definition) is 1. The van der Waals surface area contributed by atoms with Gasteiger partial charge in [0.1, 0.15) is 4.88 Å². The van der Waals surface area contributed by atoms with Gasteiger partial charge in [0.25, 0.3) is 5.91 Å². The minimum absolute atomic E-state index is 0.223. The number of carbonyl (C=O) groups is 1. The Morgan fingerprint density at radius 1 is 1.14 bits per heavy atom. The molecule has 0 aliphatic heterocycles. The Balaban J connectivity index is 1.51.